The number of methoxy groups -OCH3 is 1. The highest BCUT2D eigenvalue weighted by atomic mass is 16.5. The van der Waals surface area contributed by atoms with Gasteiger partial charge in [-0.25, -0.2) is 4.98 Å². The maximum absolute atomic E-state index is 5.90. The second kappa shape index (κ2) is 6.73. The Morgan fingerprint density at radius 2 is 2.14 bits per heavy atom. The van der Waals surface area contributed by atoms with E-state index in [-0.39, 0.29) is 0 Å². The number of ether oxygens (including phenoxy) is 2. The van der Waals surface area contributed by atoms with Gasteiger partial charge in [-0.1, -0.05) is 0 Å². The Bertz CT molecular complexity index is 469. The zero-order valence-electron chi connectivity index (χ0n) is 13.0. The molecule has 2 fully saturated rings. The fourth-order valence-electron chi connectivity index (χ4n) is 3.25. The number of aryl methyl sites for hydroxylation is 1. The van der Waals surface area contributed by atoms with E-state index in [1.165, 1.54) is 24.0 Å². The van der Waals surface area contributed by atoms with E-state index >= 15 is 0 Å². The number of nitrogens with zero attached hydrogens (tertiary/aromatic N) is 2. The summed E-state index contributed by atoms with van der Waals surface area (Å²) in [5.74, 6) is 1.12. The van der Waals surface area contributed by atoms with E-state index in [1.54, 1.807) is 7.11 Å². The number of fused-ring (bicyclic) bond motifs is 2. The molecular formula is C16H25N3O2. The Kier molecular flexibility index (Phi) is 4.73. The Hall–Kier alpha value is -1.17. The van der Waals surface area contributed by atoms with Crippen molar-refractivity contribution in [3.63, 3.8) is 0 Å². The molecule has 0 spiro atoms. The predicted molar refractivity (Wildman–Crippen MR) is 82.7 cm³/mol. The van der Waals surface area contributed by atoms with Gasteiger partial charge in [0.25, 0.3) is 0 Å². The van der Waals surface area contributed by atoms with Gasteiger partial charge in [0, 0.05) is 39.5 Å². The third-order valence-corrected chi connectivity index (χ3v) is 4.26. The van der Waals surface area contributed by atoms with Crippen LogP contribution in [0, 0.1) is 6.92 Å². The van der Waals surface area contributed by atoms with Gasteiger partial charge >= 0.3 is 0 Å². The Morgan fingerprint density at radius 1 is 1.38 bits per heavy atom. The summed E-state index contributed by atoms with van der Waals surface area (Å²) in [7, 11) is 1.72. The van der Waals surface area contributed by atoms with E-state index in [4.69, 9.17) is 14.5 Å². The first-order valence-electron chi connectivity index (χ1n) is 7.82. The van der Waals surface area contributed by atoms with Crippen LogP contribution in [0.15, 0.2) is 12.3 Å². The Balaban J connectivity index is 1.61. The molecule has 0 radical (unpaired) electrons. The van der Waals surface area contributed by atoms with Crippen LogP contribution >= 0.6 is 0 Å². The molecule has 21 heavy (non-hydrogen) atoms. The summed E-state index contributed by atoms with van der Waals surface area (Å²) in [5.41, 5.74) is 2.48. The summed E-state index contributed by atoms with van der Waals surface area (Å²) < 4.78 is 10.9. The molecule has 1 N–H and O–H groups in total. The molecule has 5 nitrogen and oxygen atoms in total. The summed E-state index contributed by atoms with van der Waals surface area (Å²) in [4.78, 5) is 7.09. The van der Waals surface area contributed by atoms with Crippen LogP contribution in [-0.2, 0) is 16.0 Å². The van der Waals surface area contributed by atoms with Gasteiger partial charge in [-0.3, -0.25) is 0 Å². The highest BCUT2D eigenvalue weighted by Gasteiger charge is 2.34. The molecule has 2 saturated heterocycles. The summed E-state index contributed by atoms with van der Waals surface area (Å²) in [6.07, 6.45) is 5.18. The van der Waals surface area contributed by atoms with Crippen LogP contribution in [-0.4, -0.2) is 50.5 Å². The number of aromatic nitrogens is 1. The first-order valence-corrected chi connectivity index (χ1v) is 7.82. The van der Waals surface area contributed by atoms with E-state index in [1.807, 2.05) is 6.20 Å². The SMILES string of the molecule is COCCNCc1cnc(N2CC3CCC(C2)O3)c(C)c1. The molecule has 0 amide bonds. The van der Waals surface area contributed by atoms with E-state index < -0.39 is 0 Å². The largest absolute Gasteiger partial charge is 0.383 e. The molecule has 2 aliphatic heterocycles. The van der Waals surface area contributed by atoms with E-state index in [2.05, 4.69) is 23.2 Å². The minimum Gasteiger partial charge on any atom is -0.383 e. The van der Waals surface area contributed by atoms with Crippen molar-refractivity contribution in [1.82, 2.24) is 10.3 Å². The third-order valence-electron chi connectivity index (χ3n) is 4.26. The van der Waals surface area contributed by atoms with Crippen molar-refractivity contribution in [3.8, 4) is 0 Å². The van der Waals surface area contributed by atoms with Crippen molar-refractivity contribution in [2.45, 2.75) is 38.5 Å². The van der Waals surface area contributed by atoms with E-state index in [0.717, 1.165) is 38.6 Å². The fourth-order valence-corrected chi connectivity index (χ4v) is 3.25. The maximum Gasteiger partial charge on any atom is 0.131 e. The fraction of sp³-hybridized carbons (Fsp3) is 0.688. The van der Waals surface area contributed by atoms with Crippen LogP contribution in [0.2, 0.25) is 0 Å². The lowest BCUT2D eigenvalue weighted by Gasteiger charge is -2.33. The van der Waals surface area contributed by atoms with Crippen molar-refractivity contribution in [3.05, 3.63) is 23.4 Å². The monoisotopic (exact) mass is 291 g/mol. The van der Waals surface area contributed by atoms with Crippen molar-refractivity contribution < 1.29 is 9.47 Å². The van der Waals surface area contributed by atoms with Gasteiger partial charge in [-0.15, -0.1) is 0 Å². The van der Waals surface area contributed by atoms with Crippen molar-refractivity contribution >= 4 is 5.82 Å². The Labute approximate surface area is 126 Å². The standard InChI is InChI=1S/C16H25N3O2/c1-12-7-13(8-17-5-6-20-2)9-18-16(12)19-10-14-3-4-15(11-19)21-14/h7,9,14-15,17H,3-6,8,10-11H2,1-2H3. The minimum atomic E-state index is 0.403. The van der Waals surface area contributed by atoms with Gasteiger partial charge in [-0.05, 0) is 37.0 Å². The smallest absolute Gasteiger partial charge is 0.131 e. The lowest BCUT2D eigenvalue weighted by molar-refractivity contribution is 0.0302. The van der Waals surface area contributed by atoms with Gasteiger partial charge < -0.3 is 19.7 Å². The number of pyridine rings is 1. The molecule has 116 valence electrons. The van der Waals surface area contributed by atoms with Gasteiger partial charge in [0.2, 0.25) is 0 Å². The van der Waals surface area contributed by atoms with Crippen molar-refractivity contribution in [2.24, 2.45) is 0 Å². The quantitative estimate of drug-likeness (QED) is 0.805. The molecule has 2 atom stereocenters. The topological polar surface area (TPSA) is 46.6 Å². The highest BCUT2D eigenvalue weighted by molar-refractivity contribution is 5.48. The molecule has 2 aliphatic rings. The predicted octanol–water partition coefficient (Wildman–Crippen LogP) is 1.49. The number of hydrogen-bond donors (Lipinski definition) is 1. The first-order chi connectivity index (χ1) is 10.3. The zero-order chi connectivity index (χ0) is 14.7. The molecule has 0 aromatic carbocycles. The second-order valence-corrected chi connectivity index (χ2v) is 6.02. The molecule has 2 unspecified atom stereocenters. The molecule has 2 bridgehead atoms. The van der Waals surface area contributed by atoms with Crippen LogP contribution in [0.4, 0.5) is 5.82 Å². The number of nitrogens with one attached hydrogen (secondary N) is 1. The molecule has 3 rings (SSSR count). The van der Waals surface area contributed by atoms with Crippen LogP contribution in [0.1, 0.15) is 24.0 Å². The van der Waals surface area contributed by atoms with E-state index in [9.17, 15) is 0 Å². The van der Waals surface area contributed by atoms with E-state index in [0.29, 0.717) is 12.2 Å². The highest BCUT2D eigenvalue weighted by Crippen LogP contribution is 2.30. The van der Waals surface area contributed by atoms with Gasteiger partial charge in [-0.2, -0.15) is 0 Å². The zero-order valence-corrected chi connectivity index (χ0v) is 13.0. The molecule has 0 saturated carbocycles. The van der Waals surface area contributed by atoms with Gasteiger partial charge in [0.1, 0.15) is 5.82 Å². The van der Waals surface area contributed by atoms with Crippen LogP contribution in [0.3, 0.4) is 0 Å². The molecule has 1 aromatic heterocycles. The summed E-state index contributed by atoms with van der Waals surface area (Å²) in [6, 6.07) is 2.24. The molecular weight excluding hydrogens is 266 g/mol. The molecule has 0 aliphatic carbocycles. The van der Waals surface area contributed by atoms with Crippen molar-refractivity contribution in [2.75, 3.05) is 38.3 Å². The number of morpholine rings is 1. The molecule has 3 heterocycles. The Morgan fingerprint density at radius 3 is 2.81 bits per heavy atom. The van der Waals surface area contributed by atoms with Gasteiger partial charge in [0.05, 0.1) is 18.8 Å². The van der Waals surface area contributed by atoms with Crippen LogP contribution < -0.4 is 10.2 Å². The van der Waals surface area contributed by atoms with Gasteiger partial charge in [0.15, 0.2) is 0 Å². The molecule has 5 heteroatoms. The summed E-state index contributed by atoms with van der Waals surface area (Å²) >= 11 is 0. The lowest BCUT2D eigenvalue weighted by Crippen LogP contribution is -2.43. The third kappa shape index (κ3) is 3.54. The van der Waals surface area contributed by atoms with Crippen molar-refractivity contribution in [1.29, 1.82) is 0 Å². The number of hydrogen-bond acceptors (Lipinski definition) is 5. The average Bonchev–Trinajstić information content (AvgIpc) is 2.82. The number of anilines is 1. The summed E-state index contributed by atoms with van der Waals surface area (Å²) in [5, 5.41) is 3.35. The van der Waals surface area contributed by atoms with Crippen LogP contribution in [0.25, 0.3) is 0 Å². The second-order valence-electron chi connectivity index (χ2n) is 6.02. The average molecular weight is 291 g/mol. The lowest BCUT2D eigenvalue weighted by atomic mass is 10.1. The molecule has 1 aromatic rings. The maximum atomic E-state index is 5.90. The normalized spacial score (nSPS) is 24.6. The first kappa shape index (κ1) is 14.8. The van der Waals surface area contributed by atoms with Crippen LogP contribution in [0.5, 0.6) is 0 Å². The minimum absolute atomic E-state index is 0.403. The number of rotatable bonds is 6. The summed E-state index contributed by atoms with van der Waals surface area (Å²) in [6.45, 7) is 6.56.